The minimum atomic E-state index is -0.839. The average molecular weight is 551 g/mol. The fourth-order valence-electron chi connectivity index (χ4n) is 5.38. The standard InChI is InChI=1S/C33H30N2O6/c36-32(37)16-22-1-7-28(8-2-22)34-18-26-14-24(5-11-30(26)40-20-34)13-25-6-12-31-27(15-25)19-35(21-41-31)29-9-3-23(4-10-29)17-33(38)39/h1-12,14-15H,13,16-21H2,(H,36,37)(H,38,39). The molecular formula is C33H30N2O6. The van der Waals surface area contributed by atoms with Crippen LogP contribution in [0.3, 0.4) is 0 Å². The van der Waals surface area contributed by atoms with E-state index in [0.717, 1.165) is 51.5 Å². The summed E-state index contributed by atoms with van der Waals surface area (Å²) in [5.41, 5.74) is 8.13. The molecule has 2 aliphatic heterocycles. The van der Waals surface area contributed by atoms with Crippen molar-refractivity contribution in [3.63, 3.8) is 0 Å². The third kappa shape index (κ3) is 6.11. The summed E-state index contributed by atoms with van der Waals surface area (Å²) >= 11 is 0. The number of anilines is 2. The zero-order chi connectivity index (χ0) is 28.3. The topological polar surface area (TPSA) is 99.5 Å². The molecule has 0 saturated heterocycles. The second-order valence-electron chi connectivity index (χ2n) is 10.5. The van der Waals surface area contributed by atoms with E-state index in [-0.39, 0.29) is 12.8 Å². The predicted molar refractivity (Wildman–Crippen MR) is 155 cm³/mol. The van der Waals surface area contributed by atoms with Crippen molar-refractivity contribution in [1.29, 1.82) is 0 Å². The molecule has 0 amide bonds. The third-order valence-electron chi connectivity index (χ3n) is 7.45. The maximum atomic E-state index is 11.0. The molecule has 4 aromatic carbocycles. The Morgan fingerprint density at radius 3 is 1.37 bits per heavy atom. The number of carboxylic acids is 2. The zero-order valence-electron chi connectivity index (χ0n) is 22.5. The quantitative estimate of drug-likeness (QED) is 0.307. The van der Waals surface area contributed by atoms with E-state index in [0.29, 0.717) is 26.6 Å². The lowest BCUT2D eigenvalue weighted by Crippen LogP contribution is -2.32. The highest BCUT2D eigenvalue weighted by atomic mass is 16.5. The van der Waals surface area contributed by atoms with Crippen LogP contribution in [0.25, 0.3) is 0 Å². The molecule has 8 nitrogen and oxygen atoms in total. The van der Waals surface area contributed by atoms with Gasteiger partial charge in [0, 0.05) is 35.6 Å². The first kappa shape index (κ1) is 26.3. The van der Waals surface area contributed by atoms with Gasteiger partial charge in [0.05, 0.1) is 12.8 Å². The molecule has 0 bridgehead atoms. The van der Waals surface area contributed by atoms with Crippen molar-refractivity contribution in [3.8, 4) is 11.5 Å². The Morgan fingerprint density at radius 1 is 0.585 bits per heavy atom. The van der Waals surface area contributed by atoms with Crippen LogP contribution >= 0.6 is 0 Å². The van der Waals surface area contributed by atoms with Crippen LogP contribution in [0.4, 0.5) is 11.4 Å². The van der Waals surface area contributed by atoms with Crippen LogP contribution in [-0.4, -0.2) is 35.6 Å². The molecule has 8 heteroatoms. The van der Waals surface area contributed by atoms with Gasteiger partial charge in [0.15, 0.2) is 13.5 Å². The van der Waals surface area contributed by atoms with E-state index in [4.69, 9.17) is 19.7 Å². The molecule has 2 aliphatic rings. The van der Waals surface area contributed by atoms with Gasteiger partial charge in [0.2, 0.25) is 0 Å². The molecule has 2 heterocycles. The van der Waals surface area contributed by atoms with Gasteiger partial charge in [-0.25, -0.2) is 0 Å². The zero-order valence-corrected chi connectivity index (χ0v) is 22.5. The molecule has 0 unspecified atom stereocenters. The fourth-order valence-corrected chi connectivity index (χ4v) is 5.38. The van der Waals surface area contributed by atoms with Gasteiger partial charge in [0.1, 0.15) is 11.5 Å². The maximum Gasteiger partial charge on any atom is 0.307 e. The van der Waals surface area contributed by atoms with E-state index in [2.05, 4.69) is 34.1 Å². The monoisotopic (exact) mass is 550 g/mol. The largest absolute Gasteiger partial charge is 0.481 e. The molecule has 6 rings (SSSR count). The summed E-state index contributed by atoms with van der Waals surface area (Å²) in [7, 11) is 0. The Bertz CT molecular complexity index is 1460. The molecule has 0 radical (unpaired) electrons. The lowest BCUT2D eigenvalue weighted by atomic mass is 9.99. The first-order valence-corrected chi connectivity index (χ1v) is 13.5. The average Bonchev–Trinajstić information content (AvgIpc) is 2.97. The molecule has 0 saturated carbocycles. The minimum absolute atomic E-state index is 0.0114. The number of carboxylic acid groups (broad SMARTS) is 2. The van der Waals surface area contributed by atoms with E-state index in [1.54, 1.807) is 0 Å². The smallest absolute Gasteiger partial charge is 0.307 e. The van der Waals surface area contributed by atoms with Crippen LogP contribution in [0.5, 0.6) is 11.5 Å². The van der Waals surface area contributed by atoms with Crippen molar-refractivity contribution in [2.24, 2.45) is 0 Å². The van der Waals surface area contributed by atoms with Crippen molar-refractivity contribution in [3.05, 3.63) is 118 Å². The number of carbonyl (C=O) groups is 2. The summed E-state index contributed by atoms with van der Waals surface area (Å²) < 4.78 is 12.1. The van der Waals surface area contributed by atoms with Crippen molar-refractivity contribution >= 4 is 23.3 Å². The van der Waals surface area contributed by atoms with Crippen molar-refractivity contribution in [2.45, 2.75) is 32.4 Å². The third-order valence-corrected chi connectivity index (χ3v) is 7.45. The van der Waals surface area contributed by atoms with E-state index >= 15 is 0 Å². The Labute approximate surface area is 238 Å². The first-order chi connectivity index (χ1) is 19.9. The molecule has 2 N–H and O–H groups in total. The molecular weight excluding hydrogens is 520 g/mol. The van der Waals surface area contributed by atoms with Gasteiger partial charge in [-0.2, -0.15) is 0 Å². The highest BCUT2D eigenvalue weighted by Crippen LogP contribution is 2.32. The van der Waals surface area contributed by atoms with Gasteiger partial charge in [-0.3, -0.25) is 9.59 Å². The highest BCUT2D eigenvalue weighted by molar-refractivity contribution is 5.71. The van der Waals surface area contributed by atoms with Gasteiger partial charge >= 0.3 is 11.9 Å². The highest BCUT2D eigenvalue weighted by Gasteiger charge is 2.20. The van der Waals surface area contributed by atoms with Crippen molar-refractivity contribution in [2.75, 3.05) is 23.3 Å². The number of nitrogens with zero attached hydrogens (tertiary/aromatic N) is 2. The maximum absolute atomic E-state index is 11.0. The lowest BCUT2D eigenvalue weighted by Gasteiger charge is -2.31. The summed E-state index contributed by atoms with van der Waals surface area (Å²) in [5, 5.41) is 18.0. The van der Waals surface area contributed by atoms with Gasteiger partial charge in [-0.15, -0.1) is 0 Å². The van der Waals surface area contributed by atoms with Gasteiger partial charge < -0.3 is 29.5 Å². The van der Waals surface area contributed by atoms with Crippen LogP contribution in [0.2, 0.25) is 0 Å². The summed E-state index contributed by atoms with van der Waals surface area (Å²) in [6, 6.07) is 27.9. The van der Waals surface area contributed by atoms with Gasteiger partial charge in [-0.05, 0) is 77.2 Å². The number of hydrogen-bond donors (Lipinski definition) is 2. The SMILES string of the molecule is O=C(O)Cc1ccc(N2COc3ccc(Cc4ccc5c(c4)CN(c4ccc(CC(=O)O)cc4)CO5)cc3C2)cc1. The second kappa shape index (κ2) is 11.3. The molecule has 208 valence electrons. The molecule has 41 heavy (non-hydrogen) atoms. The van der Waals surface area contributed by atoms with E-state index in [9.17, 15) is 9.59 Å². The Morgan fingerprint density at radius 2 is 0.976 bits per heavy atom. The van der Waals surface area contributed by atoms with E-state index < -0.39 is 11.9 Å². The Hall–Kier alpha value is -4.98. The number of rotatable bonds is 8. The lowest BCUT2D eigenvalue weighted by molar-refractivity contribution is -0.137. The van der Waals surface area contributed by atoms with Crippen LogP contribution in [0, 0.1) is 0 Å². The van der Waals surface area contributed by atoms with Crippen LogP contribution in [0.1, 0.15) is 33.4 Å². The van der Waals surface area contributed by atoms with Crippen molar-refractivity contribution in [1.82, 2.24) is 0 Å². The summed E-state index contributed by atoms with van der Waals surface area (Å²) in [6.45, 7) is 2.29. The number of benzene rings is 4. The number of hydrogen-bond acceptors (Lipinski definition) is 6. The Kier molecular flexibility index (Phi) is 7.20. The molecule has 0 atom stereocenters. The van der Waals surface area contributed by atoms with E-state index in [1.807, 2.05) is 60.7 Å². The van der Waals surface area contributed by atoms with Crippen molar-refractivity contribution < 1.29 is 29.3 Å². The normalized spacial score (nSPS) is 14.0. The summed E-state index contributed by atoms with van der Waals surface area (Å²) in [4.78, 5) is 26.2. The summed E-state index contributed by atoms with van der Waals surface area (Å²) in [5.74, 6) is 0.0924. The number of aliphatic carboxylic acids is 2. The Balaban J connectivity index is 1.13. The van der Waals surface area contributed by atoms with Gasteiger partial charge in [-0.1, -0.05) is 36.4 Å². The number of ether oxygens (including phenoxy) is 2. The fraction of sp³-hybridized carbons (Fsp3) is 0.212. The number of fused-ring (bicyclic) bond motifs is 2. The van der Waals surface area contributed by atoms with Crippen LogP contribution < -0.4 is 19.3 Å². The molecule has 0 spiro atoms. The summed E-state index contributed by atoms with van der Waals surface area (Å²) in [6.07, 6.45) is 0.795. The molecule has 0 aromatic heterocycles. The van der Waals surface area contributed by atoms with Crippen LogP contribution in [0.15, 0.2) is 84.9 Å². The predicted octanol–water partition coefficient (Wildman–Crippen LogP) is 5.24. The van der Waals surface area contributed by atoms with E-state index in [1.165, 1.54) is 11.1 Å². The molecule has 0 aliphatic carbocycles. The van der Waals surface area contributed by atoms with Gasteiger partial charge in [0.25, 0.3) is 0 Å². The van der Waals surface area contributed by atoms with Crippen LogP contribution in [-0.2, 0) is 41.9 Å². The second-order valence-corrected chi connectivity index (χ2v) is 10.5. The molecule has 0 fully saturated rings. The molecule has 4 aromatic rings. The minimum Gasteiger partial charge on any atom is -0.481 e. The first-order valence-electron chi connectivity index (χ1n) is 13.5.